The van der Waals surface area contributed by atoms with Gasteiger partial charge in [0, 0.05) is 13.1 Å². The number of anilines is 2. The van der Waals surface area contributed by atoms with Gasteiger partial charge in [-0.1, -0.05) is 19.1 Å². The van der Waals surface area contributed by atoms with Crippen LogP contribution in [0, 0.1) is 5.92 Å². The number of para-hydroxylation sites is 2. The van der Waals surface area contributed by atoms with Crippen LogP contribution >= 0.6 is 12.2 Å². The van der Waals surface area contributed by atoms with Crippen LogP contribution in [0.25, 0.3) is 0 Å². The third-order valence-corrected chi connectivity index (χ3v) is 3.39. The first kappa shape index (κ1) is 12.2. The molecule has 1 aromatic rings. The first-order chi connectivity index (χ1) is 8.16. The van der Waals surface area contributed by atoms with Crippen molar-refractivity contribution in [3.05, 3.63) is 24.3 Å². The molecule has 0 bridgehead atoms. The Morgan fingerprint density at radius 2 is 2.00 bits per heavy atom. The Kier molecular flexibility index (Phi) is 3.84. The molecule has 1 aliphatic heterocycles. The molecular weight excluding hydrogens is 230 g/mol. The summed E-state index contributed by atoms with van der Waals surface area (Å²) in [5.74, 6) is 0.835. The van der Waals surface area contributed by atoms with Gasteiger partial charge in [-0.25, -0.2) is 0 Å². The number of hydrogen-bond acceptors (Lipinski definition) is 2. The normalized spacial score (nSPS) is 16.9. The molecule has 1 aliphatic rings. The van der Waals surface area contributed by atoms with Crippen molar-refractivity contribution in [3.8, 4) is 0 Å². The number of piperidine rings is 1. The topological polar surface area (TPSA) is 41.3 Å². The Morgan fingerprint density at radius 1 is 1.35 bits per heavy atom. The Balaban J connectivity index is 2.16. The second kappa shape index (κ2) is 5.36. The maximum absolute atomic E-state index is 5.55. The van der Waals surface area contributed by atoms with Gasteiger partial charge in [0.05, 0.1) is 11.4 Å². The zero-order valence-electron chi connectivity index (χ0n) is 10.1. The minimum Gasteiger partial charge on any atom is -0.376 e. The second-order valence-electron chi connectivity index (χ2n) is 4.68. The van der Waals surface area contributed by atoms with Crippen molar-refractivity contribution in [3.63, 3.8) is 0 Å². The van der Waals surface area contributed by atoms with E-state index in [9.17, 15) is 0 Å². The molecule has 0 unspecified atom stereocenters. The fraction of sp³-hybridized carbons (Fsp3) is 0.462. The quantitative estimate of drug-likeness (QED) is 0.791. The zero-order valence-corrected chi connectivity index (χ0v) is 11.0. The second-order valence-corrected chi connectivity index (χ2v) is 5.12. The summed E-state index contributed by atoms with van der Waals surface area (Å²) in [5, 5.41) is 3.37. The van der Waals surface area contributed by atoms with Crippen LogP contribution in [0.4, 0.5) is 11.4 Å². The molecule has 0 spiro atoms. The summed E-state index contributed by atoms with van der Waals surface area (Å²) in [6.45, 7) is 4.53. The molecule has 0 amide bonds. The average Bonchev–Trinajstić information content (AvgIpc) is 2.30. The predicted octanol–water partition coefficient (Wildman–Crippen LogP) is 2.58. The van der Waals surface area contributed by atoms with E-state index in [1.165, 1.54) is 18.5 Å². The van der Waals surface area contributed by atoms with Gasteiger partial charge in [-0.2, -0.15) is 0 Å². The van der Waals surface area contributed by atoms with Crippen molar-refractivity contribution >= 4 is 28.7 Å². The summed E-state index contributed by atoms with van der Waals surface area (Å²) in [6.07, 6.45) is 2.50. The summed E-state index contributed by atoms with van der Waals surface area (Å²) in [5.41, 5.74) is 7.76. The van der Waals surface area contributed by atoms with Gasteiger partial charge in [-0.3, -0.25) is 0 Å². The lowest BCUT2D eigenvalue weighted by Gasteiger charge is -2.33. The van der Waals surface area contributed by atoms with Gasteiger partial charge in [-0.15, -0.1) is 0 Å². The molecule has 0 radical (unpaired) electrons. The third-order valence-electron chi connectivity index (χ3n) is 3.29. The smallest absolute Gasteiger partial charge is 0.168 e. The van der Waals surface area contributed by atoms with Crippen LogP contribution in [-0.2, 0) is 0 Å². The fourth-order valence-corrected chi connectivity index (χ4v) is 2.35. The highest BCUT2D eigenvalue weighted by Gasteiger charge is 2.18. The first-order valence-corrected chi connectivity index (χ1v) is 6.48. The zero-order chi connectivity index (χ0) is 12.3. The fourth-order valence-electron chi connectivity index (χ4n) is 2.24. The summed E-state index contributed by atoms with van der Waals surface area (Å²) in [6, 6.07) is 8.19. The summed E-state index contributed by atoms with van der Waals surface area (Å²) in [4.78, 5) is 2.40. The minimum absolute atomic E-state index is 0.322. The molecule has 0 aromatic heterocycles. The Bertz CT molecular complexity index is 397. The van der Waals surface area contributed by atoms with Crippen LogP contribution in [0.5, 0.6) is 0 Å². The van der Waals surface area contributed by atoms with Gasteiger partial charge in [0.25, 0.3) is 0 Å². The molecular formula is C13H19N3S. The lowest BCUT2D eigenvalue weighted by atomic mass is 9.98. The Morgan fingerprint density at radius 3 is 2.65 bits per heavy atom. The van der Waals surface area contributed by atoms with Gasteiger partial charge >= 0.3 is 0 Å². The molecule has 0 aliphatic carbocycles. The Hall–Kier alpha value is -1.29. The molecule has 1 fully saturated rings. The van der Waals surface area contributed by atoms with E-state index in [-0.39, 0.29) is 0 Å². The number of benzene rings is 1. The van der Waals surface area contributed by atoms with Crippen molar-refractivity contribution < 1.29 is 0 Å². The largest absolute Gasteiger partial charge is 0.376 e. The predicted molar refractivity (Wildman–Crippen MR) is 77.5 cm³/mol. The standard InChI is InChI=1S/C13H19N3S/c1-10-6-8-16(9-7-10)12-5-3-2-4-11(12)15-13(14)17/h2-5,10H,6-9H2,1H3,(H3,14,15,17). The number of thiocarbonyl (C=S) groups is 1. The van der Waals surface area contributed by atoms with Crippen LogP contribution in [0.1, 0.15) is 19.8 Å². The molecule has 0 saturated carbocycles. The number of hydrogen-bond donors (Lipinski definition) is 2. The number of rotatable bonds is 2. The first-order valence-electron chi connectivity index (χ1n) is 6.07. The van der Waals surface area contributed by atoms with Crippen molar-refractivity contribution in [2.45, 2.75) is 19.8 Å². The third kappa shape index (κ3) is 3.09. The van der Waals surface area contributed by atoms with E-state index >= 15 is 0 Å². The Labute approximate surface area is 108 Å². The molecule has 2 rings (SSSR count). The molecule has 0 atom stereocenters. The van der Waals surface area contributed by atoms with E-state index in [1.807, 2.05) is 12.1 Å². The highest BCUT2D eigenvalue weighted by molar-refractivity contribution is 7.80. The lowest BCUT2D eigenvalue weighted by Crippen LogP contribution is -2.33. The molecule has 1 aromatic carbocycles. The number of nitrogens with one attached hydrogen (secondary N) is 1. The van der Waals surface area contributed by atoms with Gasteiger partial charge in [0.1, 0.15) is 0 Å². The lowest BCUT2D eigenvalue weighted by molar-refractivity contribution is 0.438. The monoisotopic (exact) mass is 249 g/mol. The maximum atomic E-state index is 5.55. The van der Waals surface area contributed by atoms with E-state index in [2.05, 4.69) is 29.3 Å². The van der Waals surface area contributed by atoms with Gasteiger partial charge in [-0.05, 0) is 43.1 Å². The van der Waals surface area contributed by atoms with Crippen molar-refractivity contribution in [2.24, 2.45) is 11.7 Å². The number of nitrogens with zero attached hydrogens (tertiary/aromatic N) is 1. The van der Waals surface area contributed by atoms with Gasteiger partial charge in [0.15, 0.2) is 5.11 Å². The van der Waals surface area contributed by atoms with E-state index < -0.39 is 0 Å². The van der Waals surface area contributed by atoms with Crippen LogP contribution in [0.15, 0.2) is 24.3 Å². The minimum atomic E-state index is 0.322. The average molecular weight is 249 g/mol. The van der Waals surface area contributed by atoms with E-state index in [0.717, 1.165) is 24.7 Å². The van der Waals surface area contributed by atoms with Crippen molar-refractivity contribution in [2.75, 3.05) is 23.3 Å². The van der Waals surface area contributed by atoms with Gasteiger partial charge in [0.2, 0.25) is 0 Å². The van der Waals surface area contributed by atoms with Crippen LogP contribution in [0.3, 0.4) is 0 Å². The molecule has 4 heteroatoms. The molecule has 17 heavy (non-hydrogen) atoms. The van der Waals surface area contributed by atoms with Crippen molar-refractivity contribution in [1.29, 1.82) is 0 Å². The van der Waals surface area contributed by atoms with Crippen LogP contribution in [0.2, 0.25) is 0 Å². The molecule has 92 valence electrons. The maximum Gasteiger partial charge on any atom is 0.168 e. The SMILES string of the molecule is CC1CCN(c2ccccc2NC(N)=S)CC1. The summed E-state index contributed by atoms with van der Waals surface area (Å²) >= 11 is 4.91. The molecule has 3 N–H and O–H groups in total. The summed E-state index contributed by atoms with van der Waals surface area (Å²) in [7, 11) is 0. The molecule has 3 nitrogen and oxygen atoms in total. The molecule has 1 saturated heterocycles. The van der Waals surface area contributed by atoms with E-state index in [0.29, 0.717) is 5.11 Å². The highest BCUT2D eigenvalue weighted by Crippen LogP contribution is 2.29. The van der Waals surface area contributed by atoms with E-state index in [1.54, 1.807) is 0 Å². The summed E-state index contributed by atoms with van der Waals surface area (Å²) < 4.78 is 0. The van der Waals surface area contributed by atoms with Crippen LogP contribution in [-0.4, -0.2) is 18.2 Å². The van der Waals surface area contributed by atoms with E-state index in [4.69, 9.17) is 18.0 Å². The molecule has 1 heterocycles. The van der Waals surface area contributed by atoms with Gasteiger partial charge < -0.3 is 16.0 Å². The van der Waals surface area contributed by atoms with Crippen molar-refractivity contribution in [1.82, 2.24) is 0 Å². The number of nitrogens with two attached hydrogens (primary N) is 1. The highest BCUT2D eigenvalue weighted by atomic mass is 32.1. The van der Waals surface area contributed by atoms with Crippen LogP contribution < -0.4 is 16.0 Å².